The summed E-state index contributed by atoms with van der Waals surface area (Å²) < 4.78 is 0. The lowest BCUT2D eigenvalue weighted by atomic mass is 9.90. The van der Waals surface area contributed by atoms with Gasteiger partial charge in [0, 0.05) is 18.6 Å². The molecule has 0 aromatic heterocycles. The van der Waals surface area contributed by atoms with Gasteiger partial charge in [0.25, 0.3) is 0 Å². The van der Waals surface area contributed by atoms with E-state index in [1.54, 1.807) is 0 Å². The molecule has 1 aliphatic rings. The molecule has 0 amide bonds. The zero-order chi connectivity index (χ0) is 14.7. The van der Waals surface area contributed by atoms with Crippen LogP contribution in [0.5, 0.6) is 0 Å². The summed E-state index contributed by atoms with van der Waals surface area (Å²) in [4.78, 5) is 2.54. The van der Waals surface area contributed by atoms with E-state index in [0.717, 1.165) is 18.6 Å². The summed E-state index contributed by atoms with van der Waals surface area (Å²) in [6, 6.07) is 16.9. The zero-order valence-electron chi connectivity index (χ0n) is 13.2. The molecule has 0 spiro atoms. The maximum Gasteiger partial charge on any atom is 0.0233 e. The highest BCUT2D eigenvalue weighted by Crippen LogP contribution is 2.24. The molecule has 0 atom stereocenters. The Kier molecular flexibility index (Phi) is 4.57. The topological polar surface area (TPSA) is 15.3 Å². The molecule has 112 valence electrons. The van der Waals surface area contributed by atoms with Gasteiger partial charge in [0.2, 0.25) is 0 Å². The van der Waals surface area contributed by atoms with Crippen molar-refractivity contribution in [3.05, 3.63) is 48.0 Å². The van der Waals surface area contributed by atoms with E-state index in [0.29, 0.717) is 0 Å². The van der Waals surface area contributed by atoms with E-state index in [-0.39, 0.29) is 0 Å². The summed E-state index contributed by atoms with van der Waals surface area (Å²) >= 11 is 0. The van der Waals surface area contributed by atoms with E-state index in [2.05, 4.69) is 66.8 Å². The van der Waals surface area contributed by atoms with Crippen molar-refractivity contribution in [1.29, 1.82) is 0 Å². The van der Waals surface area contributed by atoms with Crippen molar-refractivity contribution in [3.8, 4) is 0 Å². The van der Waals surface area contributed by atoms with Crippen molar-refractivity contribution in [2.75, 3.05) is 14.1 Å². The van der Waals surface area contributed by atoms with E-state index in [1.807, 2.05) is 0 Å². The number of nitrogens with zero attached hydrogens (tertiary/aromatic N) is 1. The first-order valence-corrected chi connectivity index (χ1v) is 8.11. The van der Waals surface area contributed by atoms with Crippen LogP contribution in [0.4, 0.5) is 0 Å². The average Bonchev–Trinajstić information content (AvgIpc) is 2.55. The highest BCUT2D eigenvalue weighted by Gasteiger charge is 2.22. The number of hydrogen-bond acceptors (Lipinski definition) is 2. The van der Waals surface area contributed by atoms with Gasteiger partial charge in [-0.3, -0.25) is 4.90 Å². The molecule has 21 heavy (non-hydrogen) atoms. The zero-order valence-corrected chi connectivity index (χ0v) is 13.2. The molecule has 2 aromatic carbocycles. The third kappa shape index (κ3) is 3.45. The Morgan fingerprint density at radius 1 is 1.00 bits per heavy atom. The Bertz CT molecular complexity index is 585. The van der Waals surface area contributed by atoms with Gasteiger partial charge in [-0.2, -0.15) is 0 Å². The van der Waals surface area contributed by atoms with E-state index < -0.39 is 0 Å². The molecule has 0 aliphatic heterocycles. The van der Waals surface area contributed by atoms with Crippen LogP contribution in [-0.4, -0.2) is 31.1 Å². The molecular weight excluding hydrogens is 256 g/mol. The van der Waals surface area contributed by atoms with Crippen molar-refractivity contribution in [2.45, 2.75) is 44.3 Å². The molecule has 2 aromatic rings. The van der Waals surface area contributed by atoms with E-state index in [4.69, 9.17) is 0 Å². The molecule has 0 bridgehead atoms. The molecule has 1 aliphatic carbocycles. The Hall–Kier alpha value is -1.38. The second-order valence-corrected chi connectivity index (χ2v) is 6.39. The molecule has 0 heterocycles. The van der Waals surface area contributed by atoms with Gasteiger partial charge in [-0.25, -0.2) is 0 Å². The average molecular weight is 282 g/mol. The summed E-state index contributed by atoms with van der Waals surface area (Å²) in [6.07, 6.45) is 5.25. The number of fused-ring (bicyclic) bond motifs is 1. The number of benzene rings is 2. The summed E-state index contributed by atoms with van der Waals surface area (Å²) in [5, 5.41) is 6.10. The van der Waals surface area contributed by atoms with Gasteiger partial charge in [0.05, 0.1) is 0 Å². The SMILES string of the molecule is CNC1CCC(N(C)Cc2ccc3ccccc3c2)CC1. The van der Waals surface area contributed by atoms with Crippen LogP contribution < -0.4 is 5.32 Å². The smallest absolute Gasteiger partial charge is 0.0233 e. The fraction of sp³-hybridized carbons (Fsp3) is 0.474. The first kappa shape index (κ1) is 14.6. The van der Waals surface area contributed by atoms with Gasteiger partial charge in [-0.1, -0.05) is 36.4 Å². The van der Waals surface area contributed by atoms with Crippen LogP contribution in [0.3, 0.4) is 0 Å². The quantitative estimate of drug-likeness (QED) is 0.917. The highest BCUT2D eigenvalue weighted by atomic mass is 15.1. The van der Waals surface area contributed by atoms with Crippen LogP contribution in [0.1, 0.15) is 31.2 Å². The second-order valence-electron chi connectivity index (χ2n) is 6.39. The highest BCUT2D eigenvalue weighted by molar-refractivity contribution is 5.82. The molecule has 2 heteroatoms. The normalized spacial score (nSPS) is 22.8. The number of nitrogens with one attached hydrogen (secondary N) is 1. The van der Waals surface area contributed by atoms with Crippen LogP contribution >= 0.6 is 0 Å². The maximum atomic E-state index is 3.41. The predicted octanol–water partition coefficient (Wildman–Crippen LogP) is 3.80. The van der Waals surface area contributed by atoms with Crippen LogP contribution in [0.15, 0.2) is 42.5 Å². The third-order valence-corrected chi connectivity index (χ3v) is 4.97. The van der Waals surface area contributed by atoms with Crippen LogP contribution in [-0.2, 0) is 6.54 Å². The first-order valence-electron chi connectivity index (χ1n) is 8.11. The summed E-state index contributed by atoms with van der Waals surface area (Å²) in [5.41, 5.74) is 1.42. The summed E-state index contributed by atoms with van der Waals surface area (Å²) in [6.45, 7) is 1.06. The Morgan fingerprint density at radius 3 is 2.43 bits per heavy atom. The minimum Gasteiger partial charge on any atom is -0.317 e. The Balaban J connectivity index is 1.64. The van der Waals surface area contributed by atoms with Crippen LogP contribution in [0.2, 0.25) is 0 Å². The second kappa shape index (κ2) is 6.59. The summed E-state index contributed by atoms with van der Waals surface area (Å²) in [5.74, 6) is 0. The lowest BCUT2D eigenvalue weighted by Crippen LogP contribution is -2.39. The van der Waals surface area contributed by atoms with E-state index >= 15 is 0 Å². The predicted molar refractivity (Wildman–Crippen MR) is 90.5 cm³/mol. The molecule has 1 N–H and O–H groups in total. The first-order chi connectivity index (χ1) is 10.3. The Morgan fingerprint density at radius 2 is 1.71 bits per heavy atom. The van der Waals surface area contributed by atoms with Gasteiger partial charge < -0.3 is 5.32 Å². The maximum absolute atomic E-state index is 3.41. The minimum absolute atomic E-state index is 0.732. The van der Waals surface area contributed by atoms with Crippen molar-refractivity contribution in [1.82, 2.24) is 10.2 Å². The standard InChI is InChI=1S/C19H26N2/c1-20-18-9-11-19(12-10-18)21(2)14-15-7-8-16-5-3-4-6-17(16)13-15/h3-8,13,18-20H,9-12,14H2,1-2H3. The molecule has 3 rings (SSSR count). The van der Waals surface area contributed by atoms with Gasteiger partial charge in [-0.15, -0.1) is 0 Å². The monoisotopic (exact) mass is 282 g/mol. The van der Waals surface area contributed by atoms with Crippen molar-refractivity contribution in [2.24, 2.45) is 0 Å². The fourth-order valence-electron chi connectivity index (χ4n) is 3.56. The number of hydrogen-bond donors (Lipinski definition) is 1. The van der Waals surface area contributed by atoms with Crippen LogP contribution in [0, 0.1) is 0 Å². The lowest BCUT2D eigenvalue weighted by Gasteiger charge is -2.34. The van der Waals surface area contributed by atoms with Gasteiger partial charge in [0.15, 0.2) is 0 Å². The van der Waals surface area contributed by atoms with Crippen molar-refractivity contribution >= 4 is 10.8 Å². The third-order valence-electron chi connectivity index (χ3n) is 4.97. The summed E-state index contributed by atoms with van der Waals surface area (Å²) in [7, 11) is 4.36. The van der Waals surface area contributed by atoms with Crippen molar-refractivity contribution < 1.29 is 0 Å². The van der Waals surface area contributed by atoms with Gasteiger partial charge in [-0.05, 0) is 62.2 Å². The lowest BCUT2D eigenvalue weighted by molar-refractivity contribution is 0.170. The van der Waals surface area contributed by atoms with Crippen LogP contribution in [0.25, 0.3) is 10.8 Å². The van der Waals surface area contributed by atoms with Gasteiger partial charge in [0.1, 0.15) is 0 Å². The molecule has 0 radical (unpaired) electrons. The fourth-order valence-corrected chi connectivity index (χ4v) is 3.56. The molecular formula is C19H26N2. The molecule has 0 saturated heterocycles. The van der Waals surface area contributed by atoms with Crippen molar-refractivity contribution in [3.63, 3.8) is 0 Å². The Labute approximate surface area is 128 Å². The van der Waals surface area contributed by atoms with E-state index in [1.165, 1.54) is 42.0 Å². The molecule has 2 nitrogen and oxygen atoms in total. The van der Waals surface area contributed by atoms with Gasteiger partial charge >= 0.3 is 0 Å². The molecule has 0 unspecified atom stereocenters. The molecule has 1 saturated carbocycles. The number of rotatable bonds is 4. The largest absolute Gasteiger partial charge is 0.317 e. The minimum atomic E-state index is 0.732. The molecule has 1 fully saturated rings. The van der Waals surface area contributed by atoms with E-state index in [9.17, 15) is 0 Å².